The van der Waals surface area contributed by atoms with E-state index in [1.807, 2.05) is 6.92 Å². The predicted molar refractivity (Wildman–Crippen MR) is 232 cm³/mol. The first-order valence-electron chi connectivity index (χ1n) is 24.4. The summed E-state index contributed by atoms with van der Waals surface area (Å²) < 4.78 is 36.0. The normalized spacial score (nSPS) is 55.3. The molecule has 19 heteroatoms. The van der Waals surface area contributed by atoms with Gasteiger partial charge in [-0.25, -0.2) is 4.79 Å². The lowest BCUT2D eigenvalue weighted by Gasteiger charge is -2.72. The molecule has 12 N–H and O–H groups in total. The van der Waals surface area contributed by atoms with Crippen molar-refractivity contribution in [3.63, 3.8) is 0 Å². The summed E-state index contributed by atoms with van der Waals surface area (Å²) in [5, 5.41) is 130. The molecule has 3 saturated heterocycles. The van der Waals surface area contributed by atoms with E-state index >= 15 is 0 Å². The van der Waals surface area contributed by atoms with Crippen LogP contribution in [0.3, 0.4) is 0 Å². The second-order valence-corrected chi connectivity index (χ2v) is 23.6. The molecule has 5 aliphatic carbocycles. The molecule has 0 radical (unpaired) electrons. The Balaban J connectivity index is 1.08. The molecule has 8 aliphatic rings. The predicted octanol–water partition coefficient (Wildman–Crippen LogP) is -0.323. The fourth-order valence-electron chi connectivity index (χ4n) is 15.2. The zero-order chi connectivity index (χ0) is 49.1. The van der Waals surface area contributed by atoms with Crippen LogP contribution in [0.1, 0.15) is 106 Å². The number of carboxylic acids is 1. The maximum Gasteiger partial charge on any atom is 0.335 e. The Morgan fingerprint density at radius 2 is 1.21 bits per heavy atom. The molecule has 384 valence electrons. The van der Waals surface area contributed by atoms with Gasteiger partial charge in [-0.1, -0.05) is 60.1 Å². The Morgan fingerprint density at radius 3 is 1.82 bits per heavy atom. The van der Waals surface area contributed by atoms with Crippen LogP contribution < -0.4 is 0 Å². The van der Waals surface area contributed by atoms with Crippen molar-refractivity contribution >= 4 is 5.97 Å². The first kappa shape index (κ1) is 51.9. The van der Waals surface area contributed by atoms with Crippen LogP contribution in [0.5, 0.6) is 0 Å². The first-order valence-corrected chi connectivity index (χ1v) is 24.4. The molecule has 0 bridgehead atoms. The molecule has 19 nitrogen and oxygen atoms in total. The summed E-state index contributed by atoms with van der Waals surface area (Å²) in [6.45, 7) is 14.0. The highest BCUT2D eigenvalue weighted by molar-refractivity contribution is 5.73. The lowest BCUT2D eigenvalue weighted by atomic mass is 9.33. The molecule has 0 spiro atoms. The average Bonchev–Trinajstić information content (AvgIpc) is 3.27. The van der Waals surface area contributed by atoms with Gasteiger partial charge in [0.25, 0.3) is 0 Å². The van der Waals surface area contributed by atoms with Crippen LogP contribution in [0.4, 0.5) is 0 Å². The maximum absolute atomic E-state index is 12.5. The molecular weight excluding hydrogens is 881 g/mol. The van der Waals surface area contributed by atoms with Crippen molar-refractivity contribution in [2.45, 2.75) is 211 Å². The zero-order valence-electron chi connectivity index (χ0n) is 39.8. The number of fused-ring (bicyclic) bond motifs is 7. The Kier molecular flexibility index (Phi) is 14.1. The molecule has 0 aromatic rings. The molecule has 0 unspecified atom stereocenters. The van der Waals surface area contributed by atoms with E-state index in [1.54, 1.807) is 0 Å². The number of ether oxygens (including phenoxy) is 6. The van der Waals surface area contributed by atoms with Crippen LogP contribution in [0, 0.1) is 50.2 Å². The third-order valence-electron chi connectivity index (χ3n) is 19.5. The van der Waals surface area contributed by atoms with Gasteiger partial charge in [0, 0.05) is 10.8 Å². The summed E-state index contributed by atoms with van der Waals surface area (Å²) in [5.41, 5.74) is -0.143. The number of carbonyl (C=O) groups is 1. The van der Waals surface area contributed by atoms with Gasteiger partial charge in [-0.05, 0) is 97.2 Å². The Bertz CT molecular complexity index is 1830. The molecule has 3 aliphatic heterocycles. The molecular formula is C48H78O19. The number of aliphatic hydroxyl groups is 11. The van der Waals surface area contributed by atoms with Crippen molar-refractivity contribution in [3.05, 3.63) is 11.6 Å². The van der Waals surface area contributed by atoms with Crippen LogP contribution in [-0.4, -0.2) is 191 Å². The maximum atomic E-state index is 12.5. The van der Waals surface area contributed by atoms with E-state index in [1.165, 1.54) is 5.57 Å². The van der Waals surface area contributed by atoms with Crippen molar-refractivity contribution in [1.29, 1.82) is 0 Å². The van der Waals surface area contributed by atoms with Crippen LogP contribution in [-0.2, 0) is 33.2 Å². The quantitative estimate of drug-likeness (QED) is 0.0986. The number of aliphatic carboxylic acids is 1. The van der Waals surface area contributed by atoms with Gasteiger partial charge in [-0.3, -0.25) is 0 Å². The molecule has 4 saturated carbocycles. The molecule has 25 atom stereocenters. The van der Waals surface area contributed by atoms with Crippen molar-refractivity contribution in [2.24, 2.45) is 50.2 Å². The van der Waals surface area contributed by atoms with Crippen LogP contribution >= 0.6 is 0 Å². The summed E-state index contributed by atoms with van der Waals surface area (Å²) in [6, 6.07) is 0. The van der Waals surface area contributed by atoms with Crippen molar-refractivity contribution in [2.75, 3.05) is 19.8 Å². The highest BCUT2D eigenvalue weighted by Crippen LogP contribution is 2.76. The van der Waals surface area contributed by atoms with Gasteiger partial charge in [0.1, 0.15) is 67.1 Å². The standard InChI is InChI=1S/C48H78O19/c1-43(2)16-22-21-8-9-26-45(4)12-11-28(46(5,20-51)25(45)10-13-48(26,7)47(21,6)15-14-44(22,3)27(52)17-43)64-42-38(34(58)33(57)36(65-42)39(60)61)67-41-37(32(56)30(54)24(19-50)63-41)66-40-35(59)31(55)29(53)23(18-49)62-40/h8,22-38,40-42,49-59H,9-20H2,1-7H3,(H,60,61)/t22-,23+,24+,25+,26+,27+,28-,29+,30-,31-,32-,33-,34-,35+,36-,37+,38+,40-,41-,42+,44+,45-,46+,47+,48+/m0/s1. The molecule has 0 aromatic heterocycles. The minimum atomic E-state index is -2.10. The van der Waals surface area contributed by atoms with Gasteiger partial charge in [-0.2, -0.15) is 0 Å². The highest BCUT2D eigenvalue weighted by atomic mass is 16.8. The topological polar surface area (TPSA) is 315 Å². The Morgan fingerprint density at radius 1 is 0.627 bits per heavy atom. The molecule has 3 heterocycles. The second kappa shape index (κ2) is 18.2. The van der Waals surface area contributed by atoms with Gasteiger partial charge in [0.15, 0.2) is 25.0 Å². The van der Waals surface area contributed by atoms with E-state index in [2.05, 4.69) is 47.6 Å². The monoisotopic (exact) mass is 959 g/mol. The summed E-state index contributed by atoms with van der Waals surface area (Å²) >= 11 is 0. The second-order valence-electron chi connectivity index (χ2n) is 23.6. The molecule has 0 aromatic carbocycles. The van der Waals surface area contributed by atoms with Crippen molar-refractivity contribution < 1.29 is 94.5 Å². The van der Waals surface area contributed by atoms with E-state index in [-0.39, 0.29) is 57.5 Å². The number of hydrogen-bond donors (Lipinski definition) is 12. The van der Waals surface area contributed by atoms with E-state index in [4.69, 9.17) is 28.4 Å². The lowest BCUT2D eigenvalue weighted by Crippen LogP contribution is -2.68. The fourth-order valence-corrected chi connectivity index (χ4v) is 15.2. The van der Waals surface area contributed by atoms with E-state index in [9.17, 15) is 66.1 Å². The van der Waals surface area contributed by atoms with Crippen molar-refractivity contribution in [3.8, 4) is 0 Å². The van der Waals surface area contributed by atoms with E-state index in [0.717, 1.165) is 44.9 Å². The number of rotatable bonds is 10. The van der Waals surface area contributed by atoms with Crippen LogP contribution in [0.2, 0.25) is 0 Å². The number of allylic oxidation sites excluding steroid dienone is 2. The Hall–Kier alpha value is -1.47. The Labute approximate surface area is 392 Å². The number of aliphatic hydroxyl groups excluding tert-OH is 11. The minimum absolute atomic E-state index is 0.00861. The van der Waals surface area contributed by atoms with E-state index < -0.39 is 123 Å². The SMILES string of the molecule is CC1(C)C[C@@H](O)[C@]2(C)CC[C@]3(C)C(=CC[C@@H]4[C@@]5(C)CC[C@H](O[C@@H]6O[C@H](C(=O)O)[C@@H](O)[C@H](O)[C@H]6O[C@@H]6O[C@H](CO)[C@H](O)[C@H](O)[C@H]6O[C@@H]6O[C@H](CO)[C@@H](O)[C@H](O)[C@H]6O)[C@](C)(CO)[C@@H]5CC[C@]43C)[C@@H]2C1. The molecule has 67 heavy (non-hydrogen) atoms. The minimum Gasteiger partial charge on any atom is -0.479 e. The van der Waals surface area contributed by atoms with Crippen molar-refractivity contribution in [1.82, 2.24) is 0 Å². The third-order valence-corrected chi connectivity index (χ3v) is 19.5. The van der Waals surface area contributed by atoms with E-state index in [0.29, 0.717) is 12.8 Å². The van der Waals surface area contributed by atoms with Gasteiger partial charge >= 0.3 is 5.97 Å². The molecule has 0 amide bonds. The summed E-state index contributed by atoms with van der Waals surface area (Å²) in [7, 11) is 0. The number of carboxylic acid groups (broad SMARTS) is 1. The van der Waals surface area contributed by atoms with Gasteiger partial charge in [-0.15, -0.1) is 0 Å². The summed E-state index contributed by atoms with van der Waals surface area (Å²) in [6.07, 6.45) is -19.2. The summed E-state index contributed by atoms with van der Waals surface area (Å²) in [4.78, 5) is 12.5. The third kappa shape index (κ3) is 8.10. The zero-order valence-corrected chi connectivity index (χ0v) is 39.8. The fraction of sp³-hybridized carbons (Fsp3) is 0.938. The largest absolute Gasteiger partial charge is 0.479 e. The lowest BCUT2D eigenvalue weighted by molar-refractivity contribution is -0.397. The van der Waals surface area contributed by atoms with Gasteiger partial charge < -0.3 is 89.7 Å². The smallest absolute Gasteiger partial charge is 0.335 e. The van der Waals surface area contributed by atoms with Gasteiger partial charge in [0.05, 0.1) is 32.0 Å². The summed E-state index contributed by atoms with van der Waals surface area (Å²) in [5.74, 6) is -1.22. The molecule has 7 fully saturated rings. The average molecular weight is 959 g/mol. The first-order chi connectivity index (χ1) is 31.3. The van der Waals surface area contributed by atoms with Gasteiger partial charge in [0.2, 0.25) is 0 Å². The highest BCUT2D eigenvalue weighted by Gasteiger charge is 2.70. The van der Waals surface area contributed by atoms with Crippen LogP contribution in [0.15, 0.2) is 11.6 Å². The van der Waals surface area contributed by atoms with Crippen LogP contribution in [0.25, 0.3) is 0 Å². The molecule has 8 rings (SSSR count). The number of hydrogen-bond acceptors (Lipinski definition) is 18.